The van der Waals surface area contributed by atoms with Crippen LogP contribution in [-0.2, 0) is 4.79 Å². The molecule has 0 spiro atoms. The van der Waals surface area contributed by atoms with Gasteiger partial charge in [-0.1, -0.05) is 18.2 Å². The van der Waals surface area contributed by atoms with Crippen molar-refractivity contribution >= 4 is 17.7 Å². The van der Waals surface area contributed by atoms with E-state index in [-0.39, 0.29) is 5.91 Å². The number of amides is 1. The van der Waals surface area contributed by atoms with Crippen molar-refractivity contribution in [2.75, 3.05) is 5.75 Å². The molecule has 0 fully saturated rings. The Morgan fingerprint density at radius 1 is 1.44 bits per heavy atom. The molecule has 1 aromatic rings. The first kappa shape index (κ1) is 12.6. The SMILES string of the molecule is CC(C)(C#N)NC(=O)CSc1ccccc1. The predicted molar refractivity (Wildman–Crippen MR) is 65.0 cm³/mol. The second kappa shape index (κ2) is 5.57. The Labute approximate surface area is 99.8 Å². The van der Waals surface area contributed by atoms with Crippen LogP contribution in [0.3, 0.4) is 0 Å². The fraction of sp³-hybridized carbons (Fsp3) is 0.333. The summed E-state index contributed by atoms with van der Waals surface area (Å²) in [7, 11) is 0. The summed E-state index contributed by atoms with van der Waals surface area (Å²) in [5, 5.41) is 11.4. The van der Waals surface area contributed by atoms with E-state index in [9.17, 15) is 4.79 Å². The van der Waals surface area contributed by atoms with Crippen LogP contribution in [0.15, 0.2) is 35.2 Å². The molecule has 16 heavy (non-hydrogen) atoms. The first-order valence-electron chi connectivity index (χ1n) is 4.93. The summed E-state index contributed by atoms with van der Waals surface area (Å²) in [6, 6.07) is 11.7. The summed E-state index contributed by atoms with van der Waals surface area (Å²) < 4.78 is 0. The Kier molecular flexibility index (Phi) is 4.39. The minimum Gasteiger partial charge on any atom is -0.338 e. The maximum absolute atomic E-state index is 11.5. The van der Waals surface area contributed by atoms with E-state index >= 15 is 0 Å². The second-order valence-electron chi connectivity index (χ2n) is 3.89. The molecular weight excluding hydrogens is 220 g/mol. The van der Waals surface area contributed by atoms with Gasteiger partial charge in [-0.15, -0.1) is 11.8 Å². The number of nitrogens with one attached hydrogen (secondary N) is 1. The summed E-state index contributed by atoms with van der Waals surface area (Å²) in [6.07, 6.45) is 0. The van der Waals surface area contributed by atoms with Gasteiger partial charge in [0, 0.05) is 4.90 Å². The highest BCUT2D eigenvalue weighted by molar-refractivity contribution is 8.00. The third kappa shape index (κ3) is 4.37. The predicted octanol–water partition coefficient (Wildman–Crippen LogP) is 2.20. The van der Waals surface area contributed by atoms with Gasteiger partial charge in [0.2, 0.25) is 5.91 Å². The Balaban J connectivity index is 2.40. The number of hydrogen-bond donors (Lipinski definition) is 1. The first-order chi connectivity index (χ1) is 7.53. The van der Waals surface area contributed by atoms with Crippen LogP contribution in [0.2, 0.25) is 0 Å². The normalized spacial score (nSPS) is 10.6. The molecule has 1 rings (SSSR count). The smallest absolute Gasteiger partial charge is 0.231 e. The summed E-state index contributed by atoms with van der Waals surface area (Å²) in [6.45, 7) is 3.36. The molecule has 0 atom stereocenters. The molecule has 0 saturated heterocycles. The van der Waals surface area contributed by atoms with Crippen molar-refractivity contribution in [1.82, 2.24) is 5.32 Å². The molecule has 0 aliphatic heterocycles. The fourth-order valence-electron chi connectivity index (χ4n) is 1.08. The lowest BCUT2D eigenvalue weighted by molar-refractivity contribution is -0.119. The Morgan fingerprint density at radius 3 is 2.62 bits per heavy atom. The van der Waals surface area contributed by atoms with Gasteiger partial charge in [-0.25, -0.2) is 0 Å². The van der Waals surface area contributed by atoms with Gasteiger partial charge in [-0.3, -0.25) is 4.79 Å². The Hall–Kier alpha value is -1.47. The topological polar surface area (TPSA) is 52.9 Å². The van der Waals surface area contributed by atoms with Crippen molar-refractivity contribution in [1.29, 1.82) is 5.26 Å². The van der Waals surface area contributed by atoms with Gasteiger partial charge in [0.05, 0.1) is 11.8 Å². The van der Waals surface area contributed by atoms with E-state index in [0.29, 0.717) is 5.75 Å². The summed E-state index contributed by atoms with van der Waals surface area (Å²) in [5.41, 5.74) is -0.797. The van der Waals surface area contributed by atoms with Crippen molar-refractivity contribution in [3.63, 3.8) is 0 Å². The monoisotopic (exact) mass is 234 g/mol. The highest BCUT2D eigenvalue weighted by Crippen LogP contribution is 2.16. The fourth-order valence-corrected chi connectivity index (χ4v) is 1.80. The van der Waals surface area contributed by atoms with E-state index in [1.165, 1.54) is 11.8 Å². The zero-order valence-corrected chi connectivity index (χ0v) is 10.2. The van der Waals surface area contributed by atoms with Gasteiger partial charge >= 0.3 is 0 Å². The zero-order valence-electron chi connectivity index (χ0n) is 9.36. The maximum Gasteiger partial charge on any atom is 0.231 e. The number of nitriles is 1. The first-order valence-corrected chi connectivity index (χ1v) is 5.92. The molecule has 0 aromatic heterocycles. The van der Waals surface area contributed by atoms with Crippen molar-refractivity contribution < 1.29 is 4.79 Å². The number of benzene rings is 1. The molecule has 0 radical (unpaired) electrons. The average Bonchev–Trinajstić information content (AvgIpc) is 2.27. The van der Waals surface area contributed by atoms with E-state index in [1.54, 1.807) is 13.8 Å². The molecule has 0 unspecified atom stereocenters. The van der Waals surface area contributed by atoms with Crippen molar-refractivity contribution in [2.45, 2.75) is 24.3 Å². The summed E-state index contributed by atoms with van der Waals surface area (Å²) >= 11 is 1.46. The molecule has 0 heterocycles. The third-order valence-corrected chi connectivity index (χ3v) is 2.86. The minimum atomic E-state index is -0.797. The van der Waals surface area contributed by atoms with Gasteiger partial charge in [0.15, 0.2) is 0 Å². The summed E-state index contributed by atoms with van der Waals surface area (Å²) in [5.74, 6) is 0.204. The van der Waals surface area contributed by atoms with Crippen LogP contribution < -0.4 is 5.32 Å². The lowest BCUT2D eigenvalue weighted by Crippen LogP contribution is -2.42. The molecule has 1 amide bonds. The van der Waals surface area contributed by atoms with Crippen LogP contribution >= 0.6 is 11.8 Å². The quantitative estimate of drug-likeness (QED) is 0.812. The standard InChI is InChI=1S/C12H14N2OS/c1-12(2,9-13)14-11(15)8-16-10-6-4-3-5-7-10/h3-7H,8H2,1-2H3,(H,14,15). The van der Waals surface area contributed by atoms with Crippen molar-refractivity contribution in [3.05, 3.63) is 30.3 Å². The summed E-state index contributed by atoms with van der Waals surface area (Å²) in [4.78, 5) is 12.6. The minimum absolute atomic E-state index is 0.125. The number of rotatable bonds is 4. The van der Waals surface area contributed by atoms with Crippen LogP contribution in [0.4, 0.5) is 0 Å². The molecule has 1 N–H and O–H groups in total. The number of nitrogens with zero attached hydrogens (tertiary/aromatic N) is 1. The largest absolute Gasteiger partial charge is 0.338 e. The lowest BCUT2D eigenvalue weighted by Gasteiger charge is -2.17. The Morgan fingerprint density at radius 2 is 2.06 bits per heavy atom. The van der Waals surface area contributed by atoms with Gasteiger partial charge < -0.3 is 5.32 Å². The number of carbonyl (C=O) groups excluding carboxylic acids is 1. The van der Waals surface area contributed by atoms with Gasteiger partial charge in [-0.05, 0) is 26.0 Å². The zero-order chi connectivity index (χ0) is 12.0. The molecule has 1 aromatic carbocycles. The van der Waals surface area contributed by atoms with E-state index in [4.69, 9.17) is 5.26 Å². The molecule has 0 aliphatic carbocycles. The van der Waals surface area contributed by atoms with E-state index in [0.717, 1.165) is 4.90 Å². The number of thioether (sulfide) groups is 1. The van der Waals surface area contributed by atoms with Gasteiger partial charge in [0.25, 0.3) is 0 Å². The molecule has 3 nitrogen and oxygen atoms in total. The van der Waals surface area contributed by atoms with E-state index in [1.807, 2.05) is 36.4 Å². The van der Waals surface area contributed by atoms with Crippen LogP contribution in [0, 0.1) is 11.3 Å². The maximum atomic E-state index is 11.5. The van der Waals surface area contributed by atoms with Crippen LogP contribution in [0.1, 0.15) is 13.8 Å². The van der Waals surface area contributed by atoms with Gasteiger partial charge in [0.1, 0.15) is 5.54 Å². The van der Waals surface area contributed by atoms with E-state index < -0.39 is 5.54 Å². The third-order valence-electron chi connectivity index (χ3n) is 1.84. The van der Waals surface area contributed by atoms with E-state index in [2.05, 4.69) is 5.32 Å². The highest BCUT2D eigenvalue weighted by Gasteiger charge is 2.18. The van der Waals surface area contributed by atoms with Gasteiger partial charge in [-0.2, -0.15) is 5.26 Å². The molecular formula is C12H14N2OS. The van der Waals surface area contributed by atoms with Crippen LogP contribution in [0.5, 0.6) is 0 Å². The molecule has 0 saturated carbocycles. The highest BCUT2D eigenvalue weighted by atomic mass is 32.2. The second-order valence-corrected chi connectivity index (χ2v) is 4.94. The number of hydrogen-bond acceptors (Lipinski definition) is 3. The molecule has 84 valence electrons. The lowest BCUT2D eigenvalue weighted by atomic mass is 10.1. The average molecular weight is 234 g/mol. The number of carbonyl (C=O) groups is 1. The van der Waals surface area contributed by atoms with Crippen LogP contribution in [0.25, 0.3) is 0 Å². The van der Waals surface area contributed by atoms with Crippen LogP contribution in [-0.4, -0.2) is 17.2 Å². The van der Waals surface area contributed by atoms with Crippen molar-refractivity contribution in [2.24, 2.45) is 0 Å². The molecule has 0 bridgehead atoms. The Bertz CT molecular complexity index is 395. The van der Waals surface area contributed by atoms with Crippen molar-refractivity contribution in [3.8, 4) is 6.07 Å². The molecule has 0 aliphatic rings. The molecule has 4 heteroatoms.